The lowest BCUT2D eigenvalue weighted by Gasteiger charge is -2.21. The lowest BCUT2D eigenvalue weighted by Crippen LogP contribution is -2.45. The van der Waals surface area contributed by atoms with Crippen LogP contribution in [0.1, 0.15) is 36.1 Å². The van der Waals surface area contributed by atoms with Crippen molar-refractivity contribution in [3.8, 4) is 0 Å². The lowest BCUT2D eigenvalue weighted by molar-refractivity contribution is -0.117. The summed E-state index contributed by atoms with van der Waals surface area (Å²) in [6, 6.07) is 21.0. The molecule has 1 atom stereocenters. The zero-order chi connectivity index (χ0) is 23.1. The number of carbonyl (C=O) groups excluding carboxylic acids is 1. The minimum absolute atomic E-state index is 0.136. The van der Waals surface area contributed by atoms with Crippen LogP contribution in [-0.4, -0.2) is 20.4 Å². The maximum atomic E-state index is 13.4. The van der Waals surface area contributed by atoms with Crippen LogP contribution in [-0.2, 0) is 34.1 Å². The Balaban J connectivity index is 1.92. The molecule has 0 aromatic heterocycles. The Morgan fingerprint density at radius 2 is 1.44 bits per heavy atom. The van der Waals surface area contributed by atoms with Crippen molar-refractivity contribution >= 4 is 21.6 Å². The highest BCUT2D eigenvalue weighted by Crippen LogP contribution is 2.23. The van der Waals surface area contributed by atoms with E-state index in [4.69, 9.17) is 0 Å². The van der Waals surface area contributed by atoms with Gasteiger partial charge in [0.25, 0.3) is 0 Å². The average molecular weight is 451 g/mol. The molecular weight excluding hydrogens is 420 g/mol. The molecule has 0 bridgehead atoms. The standard InChI is InChI=1S/C26H30N2O3S/c1-4-21-12-9-13-22(5-2)25(21)27-26(29)24(18-20-10-7-6-8-11-20)28-32(30,31)23-16-14-19(3)15-17-23/h6-17,24,28H,4-5,18H2,1-3H3,(H,27,29). The molecular formula is C26H30N2O3S. The molecule has 5 nitrogen and oxygen atoms in total. The van der Waals surface area contributed by atoms with Crippen molar-refractivity contribution in [3.63, 3.8) is 0 Å². The van der Waals surface area contributed by atoms with Gasteiger partial charge < -0.3 is 5.32 Å². The lowest BCUT2D eigenvalue weighted by atomic mass is 10.0. The molecule has 3 aromatic carbocycles. The van der Waals surface area contributed by atoms with Crippen LogP contribution in [0.25, 0.3) is 0 Å². The Labute approximate surface area is 190 Å². The van der Waals surface area contributed by atoms with Gasteiger partial charge in [0.05, 0.1) is 4.90 Å². The van der Waals surface area contributed by atoms with Gasteiger partial charge in [0.1, 0.15) is 6.04 Å². The Morgan fingerprint density at radius 1 is 0.844 bits per heavy atom. The van der Waals surface area contributed by atoms with Gasteiger partial charge in [-0.25, -0.2) is 8.42 Å². The van der Waals surface area contributed by atoms with Crippen molar-refractivity contribution in [1.82, 2.24) is 4.72 Å². The molecule has 0 fully saturated rings. The predicted molar refractivity (Wildman–Crippen MR) is 129 cm³/mol. The van der Waals surface area contributed by atoms with Gasteiger partial charge >= 0.3 is 0 Å². The average Bonchev–Trinajstić information content (AvgIpc) is 2.79. The summed E-state index contributed by atoms with van der Waals surface area (Å²) in [5.74, 6) is -0.375. The number of sulfonamides is 1. The summed E-state index contributed by atoms with van der Waals surface area (Å²) in [5, 5.41) is 3.02. The van der Waals surface area contributed by atoms with Crippen molar-refractivity contribution < 1.29 is 13.2 Å². The number of carbonyl (C=O) groups is 1. The van der Waals surface area contributed by atoms with Gasteiger partial charge in [-0.1, -0.05) is 80.1 Å². The van der Waals surface area contributed by atoms with E-state index in [1.165, 1.54) is 0 Å². The normalized spacial score (nSPS) is 12.3. The molecule has 0 saturated carbocycles. The molecule has 0 aliphatic rings. The number of anilines is 1. The quantitative estimate of drug-likeness (QED) is 0.498. The van der Waals surface area contributed by atoms with Crippen LogP contribution in [0.4, 0.5) is 5.69 Å². The van der Waals surface area contributed by atoms with E-state index in [0.717, 1.165) is 40.8 Å². The molecule has 3 aromatic rings. The van der Waals surface area contributed by atoms with Gasteiger partial charge in [0.2, 0.25) is 15.9 Å². The number of benzene rings is 3. The zero-order valence-corrected chi connectivity index (χ0v) is 19.6. The van der Waals surface area contributed by atoms with Crippen molar-refractivity contribution in [1.29, 1.82) is 0 Å². The van der Waals surface area contributed by atoms with Gasteiger partial charge in [-0.2, -0.15) is 4.72 Å². The minimum atomic E-state index is -3.88. The third-order valence-corrected chi connectivity index (χ3v) is 6.96. The fraction of sp³-hybridized carbons (Fsp3) is 0.269. The van der Waals surface area contributed by atoms with E-state index >= 15 is 0 Å². The molecule has 0 saturated heterocycles. The molecule has 32 heavy (non-hydrogen) atoms. The summed E-state index contributed by atoms with van der Waals surface area (Å²) >= 11 is 0. The van der Waals surface area contributed by atoms with E-state index in [9.17, 15) is 13.2 Å². The minimum Gasteiger partial charge on any atom is -0.324 e. The fourth-order valence-corrected chi connectivity index (χ4v) is 4.82. The maximum Gasteiger partial charge on any atom is 0.242 e. The first-order valence-corrected chi connectivity index (χ1v) is 12.4. The zero-order valence-electron chi connectivity index (χ0n) is 18.8. The summed E-state index contributed by atoms with van der Waals surface area (Å²) in [4.78, 5) is 13.5. The van der Waals surface area contributed by atoms with Crippen LogP contribution < -0.4 is 10.0 Å². The Hall–Kier alpha value is -2.96. The number of amides is 1. The van der Waals surface area contributed by atoms with Gasteiger partial charge in [-0.15, -0.1) is 0 Å². The van der Waals surface area contributed by atoms with Crippen LogP contribution in [0.2, 0.25) is 0 Å². The second-order valence-corrected chi connectivity index (χ2v) is 9.54. The number of rotatable bonds is 9. The summed E-state index contributed by atoms with van der Waals surface area (Å²) in [6.07, 6.45) is 1.78. The van der Waals surface area contributed by atoms with Crippen molar-refractivity contribution in [2.75, 3.05) is 5.32 Å². The summed E-state index contributed by atoms with van der Waals surface area (Å²) in [5.41, 5.74) is 4.66. The number of nitrogens with one attached hydrogen (secondary N) is 2. The van der Waals surface area contributed by atoms with E-state index in [0.29, 0.717) is 0 Å². The van der Waals surface area contributed by atoms with E-state index < -0.39 is 16.1 Å². The first kappa shape index (κ1) is 23.7. The van der Waals surface area contributed by atoms with Crippen LogP contribution >= 0.6 is 0 Å². The molecule has 2 N–H and O–H groups in total. The van der Waals surface area contributed by atoms with Crippen LogP contribution in [0, 0.1) is 6.92 Å². The number of hydrogen-bond acceptors (Lipinski definition) is 3. The highest BCUT2D eigenvalue weighted by atomic mass is 32.2. The fourth-order valence-electron chi connectivity index (χ4n) is 3.62. The molecule has 0 radical (unpaired) electrons. The summed E-state index contributed by atoms with van der Waals surface area (Å²) in [6.45, 7) is 5.96. The number of hydrogen-bond donors (Lipinski definition) is 2. The molecule has 1 amide bonds. The van der Waals surface area contributed by atoms with Gasteiger partial charge in [0.15, 0.2) is 0 Å². The first-order chi connectivity index (χ1) is 15.3. The molecule has 3 rings (SSSR count). The molecule has 0 aliphatic carbocycles. The number of aryl methyl sites for hydroxylation is 3. The van der Waals surface area contributed by atoms with Crippen molar-refractivity contribution in [2.45, 2.75) is 51.0 Å². The van der Waals surface area contributed by atoms with Crippen molar-refractivity contribution in [3.05, 3.63) is 95.1 Å². The first-order valence-electron chi connectivity index (χ1n) is 10.9. The molecule has 0 spiro atoms. The topological polar surface area (TPSA) is 75.3 Å². The Kier molecular flexibility index (Phi) is 7.83. The summed E-state index contributed by atoms with van der Waals surface area (Å²) in [7, 11) is -3.88. The van der Waals surface area contributed by atoms with Crippen molar-refractivity contribution in [2.24, 2.45) is 0 Å². The highest BCUT2D eigenvalue weighted by Gasteiger charge is 2.27. The molecule has 1 unspecified atom stereocenters. The van der Waals surface area contributed by atoms with E-state index in [2.05, 4.69) is 10.0 Å². The largest absolute Gasteiger partial charge is 0.324 e. The molecule has 0 heterocycles. The second-order valence-electron chi connectivity index (χ2n) is 7.82. The molecule has 0 aliphatic heterocycles. The maximum absolute atomic E-state index is 13.4. The van der Waals surface area contributed by atoms with Gasteiger partial charge in [-0.3, -0.25) is 4.79 Å². The SMILES string of the molecule is CCc1cccc(CC)c1NC(=O)C(Cc1ccccc1)NS(=O)(=O)c1ccc(C)cc1. The van der Waals surface area contributed by atoms with Crippen LogP contribution in [0.5, 0.6) is 0 Å². The molecule has 168 valence electrons. The molecule has 6 heteroatoms. The van der Waals surface area contributed by atoms with Crippen LogP contribution in [0.3, 0.4) is 0 Å². The van der Waals surface area contributed by atoms with Gasteiger partial charge in [0, 0.05) is 5.69 Å². The monoisotopic (exact) mass is 450 g/mol. The van der Waals surface area contributed by atoms with Crippen LogP contribution in [0.15, 0.2) is 77.7 Å². The smallest absolute Gasteiger partial charge is 0.242 e. The van der Waals surface area contributed by atoms with E-state index in [1.807, 2.05) is 69.3 Å². The third-order valence-electron chi connectivity index (χ3n) is 5.47. The number of para-hydroxylation sites is 1. The highest BCUT2D eigenvalue weighted by molar-refractivity contribution is 7.89. The Bertz CT molecular complexity index is 1140. The predicted octanol–water partition coefficient (Wildman–Crippen LogP) is 4.65. The summed E-state index contributed by atoms with van der Waals surface area (Å²) < 4.78 is 28.7. The third kappa shape index (κ3) is 5.84. The Morgan fingerprint density at radius 3 is 2.00 bits per heavy atom. The van der Waals surface area contributed by atoms with Gasteiger partial charge in [-0.05, 0) is 55.0 Å². The second kappa shape index (κ2) is 10.6. The van der Waals surface area contributed by atoms with E-state index in [1.54, 1.807) is 24.3 Å². The van der Waals surface area contributed by atoms with E-state index in [-0.39, 0.29) is 17.2 Å².